The van der Waals surface area contributed by atoms with E-state index in [1.165, 1.54) is 18.4 Å². The molecule has 4 aliphatic carbocycles. The summed E-state index contributed by atoms with van der Waals surface area (Å²) < 4.78 is 0. The summed E-state index contributed by atoms with van der Waals surface area (Å²) >= 11 is 0. The predicted molar refractivity (Wildman–Crippen MR) is 136 cm³/mol. The van der Waals surface area contributed by atoms with Gasteiger partial charge in [0.15, 0.2) is 0 Å². The van der Waals surface area contributed by atoms with Gasteiger partial charge < -0.3 is 15.3 Å². The molecular weight excluding hydrogens is 408 g/mol. The van der Waals surface area contributed by atoms with Gasteiger partial charge in [0.1, 0.15) is 0 Å². The fraction of sp³-hybridized carbons (Fsp3) is 0.933. The summed E-state index contributed by atoms with van der Waals surface area (Å²) in [6, 6.07) is 0. The zero-order chi connectivity index (χ0) is 24.6. The van der Waals surface area contributed by atoms with Gasteiger partial charge in [0.2, 0.25) is 0 Å². The Bertz CT molecular complexity index is 779. The summed E-state index contributed by atoms with van der Waals surface area (Å²) in [6.45, 7) is 18.3. The first kappa shape index (κ1) is 25.7. The molecule has 3 heteroatoms. The van der Waals surface area contributed by atoms with Crippen LogP contribution in [-0.2, 0) is 0 Å². The van der Waals surface area contributed by atoms with Crippen LogP contribution in [0.25, 0.3) is 0 Å². The van der Waals surface area contributed by atoms with E-state index in [1.807, 2.05) is 6.92 Å². The van der Waals surface area contributed by atoms with Crippen LogP contribution in [0.15, 0.2) is 11.6 Å². The standard InChI is InChI=1S/C30H52O3/c1-19(2)10-9-14-30(8,33)20-11-16-29(7)25(20)21(31)18-23-27(5)15-13-24(32)26(3,4)22(27)12-17-28(23,29)6/h10,20-25,31-33H,9,11-18H2,1-8H3/t20-,21+,22-,23+,24-,25?,27-,28+,29+,30?/m0/s1. The van der Waals surface area contributed by atoms with Crippen molar-refractivity contribution in [1.29, 1.82) is 0 Å². The van der Waals surface area contributed by atoms with E-state index in [0.717, 1.165) is 44.9 Å². The Morgan fingerprint density at radius 3 is 2.18 bits per heavy atom. The van der Waals surface area contributed by atoms with Crippen molar-refractivity contribution < 1.29 is 15.3 Å². The van der Waals surface area contributed by atoms with Crippen molar-refractivity contribution in [2.75, 3.05) is 0 Å². The molecule has 0 spiro atoms. The average Bonchev–Trinajstić information content (AvgIpc) is 3.08. The molecule has 4 aliphatic rings. The summed E-state index contributed by atoms with van der Waals surface area (Å²) in [5.74, 6) is 1.31. The van der Waals surface area contributed by atoms with Crippen molar-refractivity contribution in [3.8, 4) is 0 Å². The molecule has 0 bridgehead atoms. The zero-order valence-corrected chi connectivity index (χ0v) is 22.7. The number of allylic oxidation sites excluding steroid dienone is 2. The van der Waals surface area contributed by atoms with Crippen molar-refractivity contribution in [2.45, 2.75) is 131 Å². The third-order valence-electron chi connectivity index (χ3n) is 12.4. The number of hydrogen-bond acceptors (Lipinski definition) is 3. The minimum atomic E-state index is -0.739. The molecule has 3 N–H and O–H groups in total. The molecule has 4 rings (SSSR count). The molecule has 0 amide bonds. The van der Waals surface area contributed by atoms with Gasteiger partial charge >= 0.3 is 0 Å². The molecule has 3 nitrogen and oxygen atoms in total. The van der Waals surface area contributed by atoms with Crippen LogP contribution in [0.2, 0.25) is 0 Å². The van der Waals surface area contributed by atoms with E-state index in [2.05, 4.69) is 54.5 Å². The van der Waals surface area contributed by atoms with Crippen LogP contribution in [-0.4, -0.2) is 33.1 Å². The fourth-order valence-corrected chi connectivity index (χ4v) is 10.3. The first-order valence-electron chi connectivity index (χ1n) is 13.8. The van der Waals surface area contributed by atoms with E-state index >= 15 is 0 Å². The Morgan fingerprint density at radius 1 is 0.909 bits per heavy atom. The highest BCUT2D eigenvalue weighted by atomic mass is 16.3. The molecule has 0 aromatic heterocycles. The van der Waals surface area contributed by atoms with Gasteiger partial charge in [-0.1, -0.05) is 46.3 Å². The Hall–Kier alpha value is -0.380. The molecule has 0 aromatic rings. The van der Waals surface area contributed by atoms with Crippen molar-refractivity contribution in [2.24, 2.45) is 45.3 Å². The monoisotopic (exact) mass is 460 g/mol. The molecule has 0 heterocycles. The lowest BCUT2D eigenvalue weighted by molar-refractivity contribution is -0.246. The van der Waals surface area contributed by atoms with E-state index in [9.17, 15) is 15.3 Å². The highest BCUT2D eigenvalue weighted by Crippen LogP contribution is 2.75. The highest BCUT2D eigenvalue weighted by Gasteiger charge is 2.71. The van der Waals surface area contributed by atoms with Gasteiger partial charge in [-0.25, -0.2) is 0 Å². The minimum absolute atomic E-state index is 0.0503. The Balaban J connectivity index is 1.66. The molecule has 2 unspecified atom stereocenters. The van der Waals surface area contributed by atoms with Gasteiger partial charge in [0.25, 0.3) is 0 Å². The third kappa shape index (κ3) is 3.61. The highest BCUT2D eigenvalue weighted by molar-refractivity contribution is 5.20. The van der Waals surface area contributed by atoms with Crippen LogP contribution in [0.4, 0.5) is 0 Å². The van der Waals surface area contributed by atoms with Gasteiger partial charge in [0.05, 0.1) is 17.8 Å². The van der Waals surface area contributed by atoms with Crippen LogP contribution < -0.4 is 0 Å². The molecule has 0 radical (unpaired) electrons. The Labute approximate surface area is 203 Å². The van der Waals surface area contributed by atoms with Gasteiger partial charge in [-0.3, -0.25) is 0 Å². The average molecular weight is 461 g/mol. The van der Waals surface area contributed by atoms with Crippen LogP contribution in [0.3, 0.4) is 0 Å². The maximum atomic E-state index is 11.8. The molecule has 190 valence electrons. The summed E-state index contributed by atoms with van der Waals surface area (Å²) in [6.07, 6.45) is 10.6. The first-order valence-corrected chi connectivity index (χ1v) is 13.8. The lowest BCUT2D eigenvalue weighted by atomic mass is 9.35. The number of fused-ring (bicyclic) bond motifs is 5. The second-order valence-electron chi connectivity index (χ2n) is 14.5. The largest absolute Gasteiger partial charge is 0.393 e. The summed E-state index contributed by atoms with van der Waals surface area (Å²) in [5, 5.41) is 34.3. The van der Waals surface area contributed by atoms with Gasteiger partial charge in [0, 0.05) is 0 Å². The molecule has 4 fully saturated rings. The third-order valence-corrected chi connectivity index (χ3v) is 12.4. The summed E-state index contributed by atoms with van der Waals surface area (Å²) in [4.78, 5) is 0. The van der Waals surface area contributed by atoms with Crippen molar-refractivity contribution in [1.82, 2.24) is 0 Å². The first-order chi connectivity index (χ1) is 15.1. The summed E-state index contributed by atoms with van der Waals surface area (Å²) in [7, 11) is 0. The van der Waals surface area contributed by atoms with Crippen LogP contribution >= 0.6 is 0 Å². The minimum Gasteiger partial charge on any atom is -0.393 e. The zero-order valence-electron chi connectivity index (χ0n) is 22.7. The summed E-state index contributed by atoms with van der Waals surface area (Å²) in [5.41, 5.74) is 0.885. The van der Waals surface area contributed by atoms with E-state index in [1.54, 1.807) is 0 Å². The van der Waals surface area contributed by atoms with Crippen LogP contribution in [0, 0.1) is 45.3 Å². The second-order valence-corrected chi connectivity index (χ2v) is 14.5. The molecule has 0 aliphatic heterocycles. The van der Waals surface area contributed by atoms with E-state index < -0.39 is 5.60 Å². The van der Waals surface area contributed by atoms with Gasteiger partial charge in [-0.15, -0.1) is 0 Å². The Morgan fingerprint density at radius 2 is 1.55 bits per heavy atom. The Kier molecular flexibility index (Phi) is 6.28. The van der Waals surface area contributed by atoms with Crippen LogP contribution in [0.1, 0.15) is 113 Å². The normalized spacial score (nSPS) is 50.5. The molecular formula is C30H52O3. The fourth-order valence-electron chi connectivity index (χ4n) is 10.3. The van der Waals surface area contributed by atoms with E-state index in [4.69, 9.17) is 0 Å². The van der Waals surface area contributed by atoms with Crippen molar-refractivity contribution >= 4 is 0 Å². The predicted octanol–water partition coefficient (Wildman–Crippen LogP) is 6.50. The smallest absolute Gasteiger partial charge is 0.0654 e. The van der Waals surface area contributed by atoms with E-state index in [0.29, 0.717) is 11.8 Å². The number of aliphatic hydroxyl groups excluding tert-OH is 2. The lowest BCUT2D eigenvalue weighted by Gasteiger charge is -2.70. The van der Waals surface area contributed by atoms with Crippen molar-refractivity contribution in [3.05, 3.63) is 11.6 Å². The van der Waals surface area contributed by atoms with Crippen LogP contribution in [0.5, 0.6) is 0 Å². The topological polar surface area (TPSA) is 60.7 Å². The SMILES string of the molecule is CC(C)=CCCC(C)(O)[C@H]1CC[C@]2(C)C1[C@H](O)C[C@@H]1[C@@]3(C)CC[C@H](O)C(C)(C)[C@@H]3CC[C@]12C. The van der Waals surface area contributed by atoms with Crippen molar-refractivity contribution in [3.63, 3.8) is 0 Å². The number of aliphatic hydroxyl groups is 3. The quantitative estimate of drug-likeness (QED) is 0.420. The number of hydrogen-bond donors (Lipinski definition) is 3. The van der Waals surface area contributed by atoms with Gasteiger partial charge in [-0.2, -0.15) is 0 Å². The molecule has 4 saturated carbocycles. The molecule has 0 saturated heterocycles. The lowest BCUT2D eigenvalue weighted by Crippen LogP contribution is -2.66. The number of rotatable bonds is 4. The molecule has 10 atom stereocenters. The van der Waals surface area contributed by atoms with E-state index in [-0.39, 0.29) is 45.7 Å². The molecule has 0 aromatic carbocycles. The maximum absolute atomic E-state index is 11.8. The second kappa shape index (κ2) is 8.07. The van der Waals surface area contributed by atoms with Gasteiger partial charge in [-0.05, 0) is 124 Å². The maximum Gasteiger partial charge on any atom is 0.0654 e. The molecule has 33 heavy (non-hydrogen) atoms.